The van der Waals surface area contributed by atoms with E-state index in [1.807, 2.05) is 42.5 Å². The third-order valence-electron chi connectivity index (χ3n) is 5.35. The molecule has 1 aromatic carbocycles. The lowest BCUT2D eigenvalue weighted by Crippen LogP contribution is -2.32. The van der Waals surface area contributed by atoms with E-state index in [2.05, 4.69) is 4.98 Å². The number of hydroxylamine groups is 2. The molecule has 1 aliphatic rings. The summed E-state index contributed by atoms with van der Waals surface area (Å²) in [5.41, 5.74) is 1.71. The van der Waals surface area contributed by atoms with Crippen LogP contribution in [0.25, 0.3) is 0 Å². The molecule has 3 rings (SSSR count). The highest BCUT2D eigenvalue weighted by Gasteiger charge is 2.29. The highest BCUT2D eigenvalue weighted by Crippen LogP contribution is 2.34. The summed E-state index contributed by atoms with van der Waals surface area (Å²) in [4.78, 5) is 21.6. The molecule has 0 saturated heterocycles. The summed E-state index contributed by atoms with van der Waals surface area (Å²) in [5, 5.41) is 10.1. The first-order chi connectivity index (χ1) is 13.7. The summed E-state index contributed by atoms with van der Waals surface area (Å²) in [7, 11) is 1.28. The highest BCUT2D eigenvalue weighted by molar-refractivity contribution is 5.82. The lowest BCUT2D eigenvalue weighted by Gasteiger charge is -2.27. The van der Waals surface area contributed by atoms with Gasteiger partial charge in [0.25, 0.3) is 5.91 Å². The molecule has 1 aliphatic carbocycles. The van der Waals surface area contributed by atoms with Crippen molar-refractivity contribution in [3.05, 3.63) is 59.9 Å². The Morgan fingerprint density at radius 3 is 2.57 bits per heavy atom. The van der Waals surface area contributed by atoms with Gasteiger partial charge < -0.3 is 4.74 Å². The molecule has 0 radical (unpaired) electrons. The maximum atomic E-state index is 12.7. The summed E-state index contributed by atoms with van der Waals surface area (Å²) in [5.74, 6) is 0.340. The Balaban J connectivity index is 1.68. The molecule has 6 heteroatoms. The smallest absolute Gasteiger partial charge is 0.280 e. The van der Waals surface area contributed by atoms with Crippen LogP contribution in [-0.2, 0) is 16.2 Å². The van der Waals surface area contributed by atoms with Gasteiger partial charge in [0.1, 0.15) is 12.4 Å². The number of carbonyl (C=O) groups is 1. The monoisotopic (exact) mass is 384 g/mol. The van der Waals surface area contributed by atoms with E-state index in [0.29, 0.717) is 29.9 Å². The standard InChI is InChI=1S/C22H28N2O4/c1-27-24(26)22(25)21(15-17-7-3-2-4-8-17)18-10-12-20(13-11-18)28-16-19-9-5-6-14-23-19/h5-6,9-14,17,21,26H,2-4,7-8,15-16H2,1H3. The summed E-state index contributed by atoms with van der Waals surface area (Å²) in [6.07, 6.45) is 8.40. The van der Waals surface area contributed by atoms with Crippen LogP contribution < -0.4 is 4.74 Å². The second-order valence-corrected chi connectivity index (χ2v) is 7.26. The van der Waals surface area contributed by atoms with Crippen molar-refractivity contribution in [2.24, 2.45) is 5.92 Å². The van der Waals surface area contributed by atoms with Crippen molar-refractivity contribution in [3.8, 4) is 5.75 Å². The van der Waals surface area contributed by atoms with Crippen LogP contribution in [0, 0.1) is 5.92 Å². The minimum absolute atomic E-state index is 0.346. The lowest BCUT2D eigenvalue weighted by molar-refractivity contribution is -0.303. The second kappa shape index (κ2) is 10.2. The van der Waals surface area contributed by atoms with E-state index < -0.39 is 11.8 Å². The molecule has 0 bridgehead atoms. The Labute approximate surface area is 166 Å². The van der Waals surface area contributed by atoms with Gasteiger partial charge in [0.2, 0.25) is 0 Å². The zero-order chi connectivity index (χ0) is 19.8. The minimum Gasteiger partial charge on any atom is -0.487 e. The van der Waals surface area contributed by atoms with Gasteiger partial charge in [-0.15, -0.1) is 0 Å². The molecule has 1 saturated carbocycles. The van der Waals surface area contributed by atoms with Crippen LogP contribution in [0.2, 0.25) is 0 Å². The van der Waals surface area contributed by atoms with Crippen molar-refractivity contribution in [2.45, 2.75) is 51.0 Å². The Morgan fingerprint density at radius 1 is 1.18 bits per heavy atom. The van der Waals surface area contributed by atoms with E-state index in [-0.39, 0.29) is 0 Å². The van der Waals surface area contributed by atoms with Gasteiger partial charge in [-0.1, -0.05) is 55.5 Å². The fourth-order valence-corrected chi connectivity index (χ4v) is 3.80. The summed E-state index contributed by atoms with van der Waals surface area (Å²) >= 11 is 0. The molecular weight excluding hydrogens is 356 g/mol. The number of hydrogen-bond acceptors (Lipinski definition) is 5. The van der Waals surface area contributed by atoms with Crippen molar-refractivity contribution in [1.82, 2.24) is 10.2 Å². The molecule has 1 atom stereocenters. The van der Waals surface area contributed by atoms with Gasteiger partial charge in [-0.05, 0) is 42.2 Å². The van der Waals surface area contributed by atoms with E-state index in [1.165, 1.54) is 26.4 Å². The van der Waals surface area contributed by atoms with E-state index in [0.717, 1.165) is 24.1 Å². The van der Waals surface area contributed by atoms with Crippen molar-refractivity contribution in [3.63, 3.8) is 0 Å². The number of pyridine rings is 1. The number of amides is 1. The van der Waals surface area contributed by atoms with E-state index in [1.54, 1.807) is 6.20 Å². The average molecular weight is 384 g/mol. The van der Waals surface area contributed by atoms with Crippen LogP contribution in [0.1, 0.15) is 55.7 Å². The summed E-state index contributed by atoms with van der Waals surface area (Å²) in [6.45, 7) is 0.388. The lowest BCUT2D eigenvalue weighted by atomic mass is 9.80. The van der Waals surface area contributed by atoms with Crippen molar-refractivity contribution < 1.29 is 19.6 Å². The second-order valence-electron chi connectivity index (χ2n) is 7.26. The maximum Gasteiger partial charge on any atom is 0.280 e. The SMILES string of the molecule is CON(O)C(=O)C(CC1CCCCC1)c1ccc(OCc2ccccn2)cc1. The molecule has 1 amide bonds. The number of rotatable bonds is 8. The van der Waals surface area contributed by atoms with Crippen molar-refractivity contribution in [2.75, 3.05) is 7.11 Å². The average Bonchev–Trinajstić information content (AvgIpc) is 2.77. The molecule has 28 heavy (non-hydrogen) atoms. The van der Waals surface area contributed by atoms with Crippen LogP contribution in [0.3, 0.4) is 0 Å². The van der Waals surface area contributed by atoms with Crippen LogP contribution in [0.4, 0.5) is 0 Å². The number of nitrogens with zero attached hydrogens (tertiary/aromatic N) is 2. The highest BCUT2D eigenvalue weighted by atomic mass is 16.9. The topological polar surface area (TPSA) is 71.9 Å². The van der Waals surface area contributed by atoms with Gasteiger partial charge in [-0.25, -0.2) is 4.84 Å². The van der Waals surface area contributed by atoms with Gasteiger partial charge >= 0.3 is 0 Å². The Morgan fingerprint density at radius 2 is 1.93 bits per heavy atom. The Kier molecular flexibility index (Phi) is 7.39. The van der Waals surface area contributed by atoms with Gasteiger partial charge in [0.15, 0.2) is 0 Å². The van der Waals surface area contributed by atoms with Gasteiger partial charge in [0, 0.05) is 6.20 Å². The van der Waals surface area contributed by atoms with Crippen LogP contribution in [-0.4, -0.2) is 28.4 Å². The maximum absolute atomic E-state index is 12.7. The normalized spacial score (nSPS) is 15.8. The molecule has 0 spiro atoms. The number of ether oxygens (including phenoxy) is 1. The van der Waals surface area contributed by atoms with E-state index in [9.17, 15) is 10.0 Å². The van der Waals surface area contributed by atoms with Crippen LogP contribution >= 0.6 is 0 Å². The summed E-state index contributed by atoms with van der Waals surface area (Å²) < 4.78 is 5.77. The molecule has 1 fully saturated rings. The molecule has 1 aromatic heterocycles. The minimum atomic E-state index is -0.435. The fourth-order valence-electron chi connectivity index (χ4n) is 3.80. The van der Waals surface area contributed by atoms with E-state index >= 15 is 0 Å². The molecule has 1 N–H and O–H groups in total. The quantitative estimate of drug-likeness (QED) is 0.536. The molecule has 6 nitrogen and oxygen atoms in total. The van der Waals surface area contributed by atoms with Crippen molar-refractivity contribution >= 4 is 5.91 Å². The zero-order valence-corrected chi connectivity index (χ0v) is 16.3. The van der Waals surface area contributed by atoms with Crippen molar-refractivity contribution in [1.29, 1.82) is 0 Å². The summed E-state index contributed by atoms with van der Waals surface area (Å²) in [6, 6.07) is 13.2. The molecule has 150 valence electrons. The third kappa shape index (κ3) is 5.53. The zero-order valence-electron chi connectivity index (χ0n) is 16.3. The molecular formula is C22H28N2O4. The van der Waals surface area contributed by atoms with Gasteiger partial charge in [-0.3, -0.25) is 15.0 Å². The van der Waals surface area contributed by atoms with Gasteiger partial charge in [0.05, 0.1) is 18.7 Å². The molecule has 0 aliphatic heterocycles. The van der Waals surface area contributed by atoms with Crippen LogP contribution in [0.5, 0.6) is 5.75 Å². The first kappa shape index (κ1) is 20.3. The first-order valence-electron chi connectivity index (χ1n) is 9.87. The predicted molar refractivity (Wildman–Crippen MR) is 105 cm³/mol. The predicted octanol–water partition coefficient (Wildman–Crippen LogP) is 4.49. The van der Waals surface area contributed by atoms with E-state index in [4.69, 9.17) is 9.57 Å². The number of hydrogen-bond donors (Lipinski definition) is 1. The number of benzene rings is 1. The number of aromatic nitrogens is 1. The molecule has 2 aromatic rings. The fraction of sp³-hybridized carbons (Fsp3) is 0.455. The Bertz CT molecular complexity index is 730. The van der Waals surface area contributed by atoms with Crippen LogP contribution in [0.15, 0.2) is 48.7 Å². The third-order valence-corrected chi connectivity index (χ3v) is 5.35. The Hall–Kier alpha value is -2.44. The first-order valence-corrected chi connectivity index (χ1v) is 9.87. The molecule has 1 heterocycles. The van der Waals surface area contributed by atoms with Gasteiger partial charge in [-0.2, -0.15) is 0 Å². The number of carbonyl (C=O) groups excluding carboxylic acids is 1. The largest absolute Gasteiger partial charge is 0.487 e. The molecule has 1 unspecified atom stereocenters.